The summed E-state index contributed by atoms with van der Waals surface area (Å²) in [6.07, 6.45) is -0.144. The molecule has 8 nitrogen and oxygen atoms in total. The van der Waals surface area contributed by atoms with Crippen molar-refractivity contribution in [3.05, 3.63) is 0 Å². The van der Waals surface area contributed by atoms with Crippen LogP contribution in [0, 0.1) is 0 Å². The molecule has 0 amide bonds. The number of aliphatic hydroxyl groups is 2. The predicted molar refractivity (Wildman–Crippen MR) is 61.9 cm³/mol. The second-order valence-electron chi connectivity index (χ2n) is 3.52. The zero-order valence-electron chi connectivity index (χ0n) is 9.58. The molecule has 0 rings (SSSR count). The molecule has 0 saturated carbocycles. The van der Waals surface area contributed by atoms with E-state index in [1.165, 1.54) is 0 Å². The van der Waals surface area contributed by atoms with Crippen LogP contribution in [0.5, 0.6) is 0 Å². The first-order valence-corrected chi connectivity index (χ1v) is 5.24. The summed E-state index contributed by atoms with van der Waals surface area (Å²) in [6, 6.07) is -0.782. The molecular weight excluding hydrogens is 228 g/mol. The Kier molecular flexibility index (Phi) is 8.03. The summed E-state index contributed by atoms with van der Waals surface area (Å²) in [5.41, 5.74) is 15.8. The van der Waals surface area contributed by atoms with E-state index in [4.69, 9.17) is 27.4 Å². The van der Waals surface area contributed by atoms with Gasteiger partial charge in [-0.2, -0.15) is 0 Å². The van der Waals surface area contributed by atoms with Crippen LogP contribution in [-0.4, -0.2) is 54.0 Å². The van der Waals surface area contributed by atoms with Crippen molar-refractivity contribution in [3.63, 3.8) is 0 Å². The second-order valence-corrected chi connectivity index (χ2v) is 3.52. The van der Waals surface area contributed by atoms with Crippen molar-refractivity contribution >= 4 is 11.9 Å². The average molecular weight is 248 g/mol. The lowest BCUT2D eigenvalue weighted by molar-refractivity contribution is -0.149. The molecule has 0 aliphatic rings. The van der Waals surface area contributed by atoms with E-state index in [9.17, 15) is 4.79 Å². The third-order valence-electron chi connectivity index (χ3n) is 1.90. The van der Waals surface area contributed by atoms with Gasteiger partial charge in [-0.1, -0.05) is 0 Å². The maximum absolute atomic E-state index is 11.3. The zero-order valence-corrected chi connectivity index (χ0v) is 9.58. The van der Waals surface area contributed by atoms with Crippen LogP contribution in [0.4, 0.5) is 0 Å². The molecule has 2 atom stereocenters. The van der Waals surface area contributed by atoms with Crippen molar-refractivity contribution in [2.75, 3.05) is 19.8 Å². The Hall–Kier alpha value is -1.38. The molecule has 0 spiro atoms. The second kappa shape index (κ2) is 8.74. The fraction of sp³-hybridized carbons (Fsp3) is 0.778. The highest BCUT2D eigenvalue weighted by Crippen LogP contribution is 1.98. The summed E-state index contributed by atoms with van der Waals surface area (Å²) < 4.78 is 4.68. The first kappa shape index (κ1) is 15.6. The van der Waals surface area contributed by atoms with Crippen molar-refractivity contribution < 1.29 is 19.7 Å². The highest BCUT2D eigenvalue weighted by molar-refractivity contribution is 5.76. The number of rotatable bonds is 8. The van der Waals surface area contributed by atoms with Crippen LogP contribution >= 0.6 is 0 Å². The number of aliphatic hydroxyl groups excluding tert-OH is 2. The van der Waals surface area contributed by atoms with Gasteiger partial charge >= 0.3 is 5.97 Å². The molecule has 1 unspecified atom stereocenters. The van der Waals surface area contributed by atoms with E-state index in [2.05, 4.69) is 9.73 Å². The van der Waals surface area contributed by atoms with Gasteiger partial charge < -0.3 is 32.2 Å². The number of carbonyl (C=O) groups excluding carboxylic acids is 1. The lowest BCUT2D eigenvalue weighted by atomic mass is 10.2. The third-order valence-corrected chi connectivity index (χ3v) is 1.90. The topological polar surface area (TPSA) is 157 Å². The number of guanidine groups is 1. The maximum atomic E-state index is 11.3. The van der Waals surface area contributed by atoms with E-state index >= 15 is 0 Å². The van der Waals surface area contributed by atoms with Crippen molar-refractivity contribution in [1.29, 1.82) is 0 Å². The summed E-state index contributed by atoms with van der Waals surface area (Å²) in [5.74, 6) is -0.630. The minimum Gasteiger partial charge on any atom is -0.462 e. The lowest BCUT2D eigenvalue weighted by Gasteiger charge is -2.12. The van der Waals surface area contributed by atoms with Gasteiger partial charge in [-0.25, -0.2) is 0 Å². The zero-order chi connectivity index (χ0) is 13.3. The van der Waals surface area contributed by atoms with Gasteiger partial charge in [-0.3, -0.25) is 9.79 Å². The van der Waals surface area contributed by atoms with Crippen LogP contribution in [0.1, 0.15) is 12.8 Å². The molecule has 17 heavy (non-hydrogen) atoms. The molecule has 100 valence electrons. The van der Waals surface area contributed by atoms with E-state index in [1.807, 2.05) is 0 Å². The van der Waals surface area contributed by atoms with Crippen LogP contribution < -0.4 is 17.2 Å². The molecule has 0 bridgehead atoms. The Morgan fingerprint density at radius 3 is 2.59 bits per heavy atom. The standard InChI is InChI=1S/C9H20N4O4/c10-7(2-1-3-13-9(11)12)8(16)17-5-6(15)4-14/h6-7,14-15H,1-5,10H2,(H4,11,12,13)/t6?,7-/m0/s1. The summed E-state index contributed by atoms with van der Waals surface area (Å²) in [7, 11) is 0. The molecule has 0 heterocycles. The Morgan fingerprint density at radius 1 is 1.41 bits per heavy atom. The predicted octanol–water partition coefficient (Wildman–Crippen LogP) is -2.74. The van der Waals surface area contributed by atoms with Gasteiger partial charge in [0.1, 0.15) is 18.8 Å². The number of ether oxygens (including phenoxy) is 1. The lowest BCUT2D eigenvalue weighted by Crippen LogP contribution is -2.35. The van der Waals surface area contributed by atoms with Crippen molar-refractivity contribution in [2.45, 2.75) is 25.0 Å². The van der Waals surface area contributed by atoms with E-state index in [0.29, 0.717) is 19.4 Å². The minimum atomic E-state index is -1.08. The van der Waals surface area contributed by atoms with Crippen LogP contribution in [0.25, 0.3) is 0 Å². The third kappa shape index (κ3) is 8.43. The normalized spacial score (nSPS) is 13.8. The molecule has 0 aromatic carbocycles. The van der Waals surface area contributed by atoms with Crippen LogP contribution in [0.3, 0.4) is 0 Å². The molecule has 0 saturated heterocycles. The summed E-state index contributed by atoms with van der Waals surface area (Å²) in [6.45, 7) is -0.341. The molecule has 0 aliphatic heterocycles. The number of nitrogens with zero attached hydrogens (tertiary/aromatic N) is 1. The van der Waals surface area contributed by atoms with E-state index in [0.717, 1.165) is 0 Å². The number of carbonyl (C=O) groups is 1. The van der Waals surface area contributed by atoms with Crippen molar-refractivity contribution in [1.82, 2.24) is 0 Å². The Bertz CT molecular complexity index is 255. The molecular formula is C9H20N4O4. The fourth-order valence-corrected chi connectivity index (χ4v) is 0.975. The smallest absolute Gasteiger partial charge is 0.323 e. The van der Waals surface area contributed by atoms with Crippen molar-refractivity contribution in [2.24, 2.45) is 22.2 Å². The van der Waals surface area contributed by atoms with Gasteiger partial charge in [0.25, 0.3) is 0 Å². The molecule has 0 aliphatic carbocycles. The van der Waals surface area contributed by atoms with Gasteiger partial charge in [-0.15, -0.1) is 0 Å². The Labute approximate surface area is 99.4 Å². The quantitative estimate of drug-likeness (QED) is 0.135. The van der Waals surface area contributed by atoms with Gasteiger partial charge in [0.05, 0.1) is 6.61 Å². The number of esters is 1. The molecule has 0 fully saturated rings. The Balaban J connectivity index is 3.71. The van der Waals surface area contributed by atoms with E-state index in [-0.39, 0.29) is 12.6 Å². The van der Waals surface area contributed by atoms with Gasteiger partial charge in [0.15, 0.2) is 5.96 Å². The fourth-order valence-electron chi connectivity index (χ4n) is 0.975. The monoisotopic (exact) mass is 248 g/mol. The molecule has 8 heteroatoms. The molecule has 8 N–H and O–H groups in total. The van der Waals surface area contributed by atoms with Crippen LogP contribution in [0.15, 0.2) is 4.99 Å². The number of hydrogen-bond donors (Lipinski definition) is 5. The van der Waals surface area contributed by atoms with Crippen molar-refractivity contribution in [3.8, 4) is 0 Å². The Morgan fingerprint density at radius 2 is 2.06 bits per heavy atom. The highest BCUT2D eigenvalue weighted by Gasteiger charge is 2.15. The van der Waals surface area contributed by atoms with Crippen LogP contribution in [0.2, 0.25) is 0 Å². The summed E-state index contributed by atoms with van der Waals surface area (Å²) in [4.78, 5) is 15.0. The molecule has 0 radical (unpaired) electrons. The van der Waals surface area contributed by atoms with E-state index in [1.54, 1.807) is 0 Å². The largest absolute Gasteiger partial charge is 0.462 e. The maximum Gasteiger partial charge on any atom is 0.323 e. The SMILES string of the molecule is NC(N)=NCCC[C@H](N)C(=O)OCC(O)CO. The molecule has 0 aromatic heterocycles. The number of nitrogens with two attached hydrogens (primary N) is 3. The van der Waals surface area contributed by atoms with Gasteiger partial charge in [0.2, 0.25) is 0 Å². The summed E-state index contributed by atoms with van der Waals surface area (Å²) >= 11 is 0. The first-order chi connectivity index (χ1) is 7.97. The van der Waals surface area contributed by atoms with Gasteiger partial charge in [-0.05, 0) is 12.8 Å². The van der Waals surface area contributed by atoms with Crippen LogP contribution in [-0.2, 0) is 9.53 Å². The number of aliphatic imine (C=N–C) groups is 1. The molecule has 0 aromatic rings. The van der Waals surface area contributed by atoms with E-state index < -0.39 is 24.7 Å². The first-order valence-electron chi connectivity index (χ1n) is 5.24. The van der Waals surface area contributed by atoms with Gasteiger partial charge in [0, 0.05) is 6.54 Å². The minimum absolute atomic E-state index is 0.00721. The highest BCUT2D eigenvalue weighted by atomic mass is 16.5. The number of hydrogen-bond acceptors (Lipinski definition) is 6. The average Bonchev–Trinajstić information content (AvgIpc) is 2.30. The summed E-state index contributed by atoms with van der Waals surface area (Å²) in [5, 5.41) is 17.5.